The van der Waals surface area contributed by atoms with Crippen molar-refractivity contribution in [2.45, 2.75) is 20.5 Å². The van der Waals surface area contributed by atoms with Crippen molar-refractivity contribution in [2.75, 3.05) is 13.7 Å². The van der Waals surface area contributed by atoms with Crippen LogP contribution in [0.1, 0.15) is 27.4 Å². The number of furan rings is 1. The monoisotopic (exact) mass is 332 g/mol. The summed E-state index contributed by atoms with van der Waals surface area (Å²) in [5.41, 5.74) is 6.74. The number of nitrogens with one attached hydrogen (secondary N) is 2. The Labute approximate surface area is 139 Å². The predicted octanol–water partition coefficient (Wildman–Crippen LogP) is 1.88. The van der Waals surface area contributed by atoms with Crippen molar-refractivity contribution in [2.24, 2.45) is 0 Å². The van der Waals surface area contributed by atoms with E-state index in [4.69, 9.17) is 13.9 Å². The van der Waals surface area contributed by atoms with Crippen LogP contribution in [0, 0.1) is 13.8 Å². The molecule has 0 saturated heterocycles. The van der Waals surface area contributed by atoms with Gasteiger partial charge in [0, 0.05) is 7.11 Å². The first-order chi connectivity index (χ1) is 11.5. The first-order valence-electron chi connectivity index (χ1n) is 7.36. The molecular weight excluding hydrogens is 312 g/mol. The summed E-state index contributed by atoms with van der Waals surface area (Å²) in [4.78, 5) is 23.5. The van der Waals surface area contributed by atoms with Crippen LogP contribution < -0.4 is 15.6 Å². The highest BCUT2D eigenvalue weighted by Gasteiger charge is 2.12. The summed E-state index contributed by atoms with van der Waals surface area (Å²) >= 11 is 0. The van der Waals surface area contributed by atoms with Crippen LogP contribution in [-0.4, -0.2) is 25.5 Å². The molecular formula is C17H20N2O5. The maximum atomic E-state index is 11.8. The van der Waals surface area contributed by atoms with Crippen molar-refractivity contribution in [3.8, 4) is 5.75 Å². The molecule has 1 heterocycles. The van der Waals surface area contributed by atoms with E-state index in [9.17, 15) is 9.59 Å². The minimum atomic E-state index is -0.558. The van der Waals surface area contributed by atoms with Crippen molar-refractivity contribution >= 4 is 11.8 Å². The molecule has 0 aliphatic rings. The third-order valence-corrected chi connectivity index (χ3v) is 3.34. The molecule has 2 amide bonds. The number of rotatable bonds is 6. The van der Waals surface area contributed by atoms with Crippen LogP contribution in [0.25, 0.3) is 0 Å². The van der Waals surface area contributed by atoms with Crippen molar-refractivity contribution in [3.05, 3.63) is 53.0 Å². The molecule has 0 unspecified atom stereocenters. The molecule has 2 rings (SSSR count). The van der Waals surface area contributed by atoms with Gasteiger partial charge < -0.3 is 13.9 Å². The Kier molecular flexibility index (Phi) is 5.97. The van der Waals surface area contributed by atoms with E-state index in [1.54, 1.807) is 12.1 Å². The lowest BCUT2D eigenvalue weighted by Gasteiger charge is -2.09. The molecule has 0 atom stereocenters. The second kappa shape index (κ2) is 8.16. The molecule has 0 aliphatic heterocycles. The number of hydrogen-bond acceptors (Lipinski definition) is 5. The van der Waals surface area contributed by atoms with Crippen molar-refractivity contribution in [1.82, 2.24) is 10.9 Å². The summed E-state index contributed by atoms with van der Waals surface area (Å²) in [6, 6.07) is 8.68. The van der Waals surface area contributed by atoms with Crippen molar-refractivity contribution in [3.63, 3.8) is 0 Å². The highest BCUT2D eigenvalue weighted by atomic mass is 16.5. The smallest absolute Gasteiger partial charge is 0.305 e. The zero-order valence-electron chi connectivity index (χ0n) is 13.8. The summed E-state index contributed by atoms with van der Waals surface area (Å²) in [7, 11) is 1.53. The van der Waals surface area contributed by atoms with Gasteiger partial charge in [0.05, 0.1) is 0 Å². The zero-order valence-corrected chi connectivity index (χ0v) is 13.8. The Morgan fingerprint density at radius 3 is 2.58 bits per heavy atom. The van der Waals surface area contributed by atoms with E-state index in [0.717, 1.165) is 11.1 Å². The number of aryl methyl sites for hydroxylation is 2. The van der Waals surface area contributed by atoms with E-state index in [1.807, 2.05) is 26.0 Å². The first-order valence-corrected chi connectivity index (χ1v) is 7.36. The highest BCUT2D eigenvalue weighted by molar-refractivity contribution is 5.93. The molecule has 24 heavy (non-hydrogen) atoms. The summed E-state index contributed by atoms with van der Waals surface area (Å²) in [5, 5.41) is 0. The fraction of sp³-hybridized carbons (Fsp3) is 0.294. The zero-order chi connectivity index (χ0) is 17.5. The van der Waals surface area contributed by atoms with E-state index < -0.39 is 11.8 Å². The molecule has 0 spiro atoms. The van der Waals surface area contributed by atoms with Crippen LogP contribution in [0.3, 0.4) is 0 Å². The van der Waals surface area contributed by atoms with Gasteiger partial charge in [0.2, 0.25) is 0 Å². The average molecular weight is 332 g/mol. The SMILES string of the molecule is COCc1ccc(C(=O)NNC(=O)COc2ccc(C)c(C)c2)o1. The largest absolute Gasteiger partial charge is 0.484 e. The Bertz CT molecular complexity index is 724. The van der Waals surface area contributed by atoms with Crippen LogP contribution in [-0.2, 0) is 16.1 Å². The number of carbonyl (C=O) groups is 2. The number of hydrazine groups is 1. The highest BCUT2D eigenvalue weighted by Crippen LogP contribution is 2.16. The second-order valence-electron chi connectivity index (χ2n) is 5.24. The number of carbonyl (C=O) groups excluding carboxylic acids is 2. The van der Waals surface area contributed by atoms with E-state index >= 15 is 0 Å². The quantitative estimate of drug-likeness (QED) is 0.789. The van der Waals surface area contributed by atoms with Gasteiger partial charge in [-0.3, -0.25) is 20.4 Å². The van der Waals surface area contributed by atoms with Crippen LogP contribution in [0.15, 0.2) is 34.7 Å². The van der Waals surface area contributed by atoms with Gasteiger partial charge >= 0.3 is 5.91 Å². The molecule has 7 nitrogen and oxygen atoms in total. The molecule has 128 valence electrons. The van der Waals surface area contributed by atoms with Gasteiger partial charge in [0.25, 0.3) is 5.91 Å². The number of hydrogen-bond donors (Lipinski definition) is 2. The van der Waals surface area contributed by atoms with Gasteiger partial charge in [0.1, 0.15) is 18.1 Å². The Morgan fingerprint density at radius 2 is 1.88 bits per heavy atom. The lowest BCUT2D eigenvalue weighted by atomic mass is 10.1. The van der Waals surface area contributed by atoms with E-state index in [1.165, 1.54) is 13.2 Å². The standard InChI is InChI=1S/C17H20N2O5/c1-11-4-5-13(8-12(11)2)23-10-16(20)18-19-17(21)15-7-6-14(24-15)9-22-3/h4-8H,9-10H2,1-3H3,(H,18,20)(H,19,21). The molecule has 7 heteroatoms. The normalized spacial score (nSPS) is 10.3. The fourth-order valence-corrected chi connectivity index (χ4v) is 1.90. The molecule has 1 aromatic carbocycles. The molecule has 2 N–H and O–H groups in total. The van der Waals surface area contributed by atoms with Gasteiger partial charge in [-0.15, -0.1) is 0 Å². The van der Waals surface area contributed by atoms with Crippen LogP contribution in [0.5, 0.6) is 5.75 Å². The molecule has 0 saturated carbocycles. The molecule has 1 aromatic heterocycles. The van der Waals surface area contributed by atoms with Gasteiger partial charge in [-0.1, -0.05) is 6.07 Å². The summed E-state index contributed by atoms with van der Waals surface area (Å²) in [5.74, 6) is 0.154. The summed E-state index contributed by atoms with van der Waals surface area (Å²) < 4.78 is 15.5. The fourth-order valence-electron chi connectivity index (χ4n) is 1.90. The maximum Gasteiger partial charge on any atom is 0.305 e. The van der Waals surface area contributed by atoms with Gasteiger partial charge in [-0.2, -0.15) is 0 Å². The average Bonchev–Trinajstić information content (AvgIpc) is 3.03. The van der Waals surface area contributed by atoms with Crippen LogP contribution in [0.2, 0.25) is 0 Å². The third kappa shape index (κ3) is 4.85. The first kappa shape index (κ1) is 17.6. The van der Waals surface area contributed by atoms with Crippen LogP contribution in [0.4, 0.5) is 0 Å². The number of amides is 2. The van der Waals surface area contributed by atoms with E-state index in [-0.39, 0.29) is 19.0 Å². The molecule has 2 aromatic rings. The minimum absolute atomic E-state index is 0.0810. The van der Waals surface area contributed by atoms with Gasteiger partial charge in [-0.25, -0.2) is 0 Å². The Hall–Kier alpha value is -2.80. The second-order valence-corrected chi connectivity index (χ2v) is 5.24. The number of methoxy groups -OCH3 is 1. The summed E-state index contributed by atoms with van der Waals surface area (Å²) in [6.45, 7) is 4.01. The van der Waals surface area contributed by atoms with Crippen LogP contribution >= 0.6 is 0 Å². The Balaban J connectivity index is 1.77. The predicted molar refractivity (Wildman–Crippen MR) is 86.4 cm³/mol. The lowest BCUT2D eigenvalue weighted by Crippen LogP contribution is -2.43. The molecule has 0 aliphatic carbocycles. The van der Waals surface area contributed by atoms with Gasteiger partial charge in [-0.05, 0) is 49.2 Å². The Morgan fingerprint density at radius 1 is 1.08 bits per heavy atom. The summed E-state index contributed by atoms with van der Waals surface area (Å²) in [6.07, 6.45) is 0. The minimum Gasteiger partial charge on any atom is -0.484 e. The third-order valence-electron chi connectivity index (χ3n) is 3.34. The van der Waals surface area contributed by atoms with Crippen molar-refractivity contribution < 1.29 is 23.5 Å². The topological polar surface area (TPSA) is 89.8 Å². The van der Waals surface area contributed by atoms with Crippen molar-refractivity contribution in [1.29, 1.82) is 0 Å². The number of ether oxygens (including phenoxy) is 2. The van der Waals surface area contributed by atoms with Gasteiger partial charge in [0.15, 0.2) is 12.4 Å². The van der Waals surface area contributed by atoms with E-state index in [2.05, 4.69) is 10.9 Å². The maximum absolute atomic E-state index is 11.8. The molecule has 0 radical (unpaired) electrons. The lowest BCUT2D eigenvalue weighted by molar-refractivity contribution is -0.123. The number of benzene rings is 1. The molecule has 0 bridgehead atoms. The molecule has 0 fully saturated rings. The van der Waals surface area contributed by atoms with E-state index in [0.29, 0.717) is 11.5 Å².